The number of amides is 2. The Morgan fingerprint density at radius 1 is 1.38 bits per heavy atom. The predicted molar refractivity (Wildman–Crippen MR) is 86.3 cm³/mol. The van der Waals surface area contributed by atoms with Crippen molar-refractivity contribution in [3.8, 4) is 5.88 Å². The molecule has 1 saturated heterocycles. The first-order chi connectivity index (χ1) is 11.6. The Bertz CT molecular complexity index is 759. The Morgan fingerprint density at radius 2 is 2.21 bits per heavy atom. The van der Waals surface area contributed by atoms with Gasteiger partial charge in [-0.2, -0.15) is 0 Å². The molecule has 9 heteroatoms. The summed E-state index contributed by atoms with van der Waals surface area (Å²) in [5.74, 6) is -0.691. The highest BCUT2D eigenvalue weighted by Crippen LogP contribution is 2.37. The van der Waals surface area contributed by atoms with Crippen LogP contribution in [0.5, 0.6) is 5.88 Å². The average Bonchev–Trinajstić information content (AvgIpc) is 2.60. The van der Waals surface area contributed by atoms with Crippen molar-refractivity contribution in [2.75, 3.05) is 6.61 Å². The smallest absolute Gasteiger partial charge is 0.276 e. The number of benzene rings is 1. The van der Waals surface area contributed by atoms with Gasteiger partial charge in [0.1, 0.15) is 11.4 Å². The predicted octanol–water partition coefficient (Wildman–Crippen LogP) is 1.73. The van der Waals surface area contributed by atoms with Crippen LogP contribution in [0.4, 0.5) is 0 Å². The summed E-state index contributed by atoms with van der Waals surface area (Å²) in [6, 6.07) is 6.46. The molecular weight excluding hydrogens is 355 g/mol. The zero-order valence-corrected chi connectivity index (χ0v) is 13.7. The first-order valence-electron chi connectivity index (χ1n) is 6.97. The van der Waals surface area contributed by atoms with E-state index in [1.165, 1.54) is 23.6 Å². The van der Waals surface area contributed by atoms with Crippen LogP contribution in [0.15, 0.2) is 42.9 Å². The lowest BCUT2D eigenvalue weighted by molar-refractivity contribution is -0.157. The van der Waals surface area contributed by atoms with E-state index in [4.69, 9.17) is 27.9 Å². The van der Waals surface area contributed by atoms with Gasteiger partial charge in [0.2, 0.25) is 5.88 Å². The fourth-order valence-corrected chi connectivity index (χ4v) is 2.82. The summed E-state index contributed by atoms with van der Waals surface area (Å²) in [6.45, 7) is -0.308. The lowest BCUT2D eigenvalue weighted by atomic mass is 9.95. The average molecular weight is 367 g/mol. The van der Waals surface area contributed by atoms with Crippen LogP contribution in [0, 0.1) is 0 Å². The van der Waals surface area contributed by atoms with Crippen molar-refractivity contribution in [3.63, 3.8) is 0 Å². The lowest BCUT2D eigenvalue weighted by Crippen LogP contribution is -2.63. The van der Waals surface area contributed by atoms with Crippen molar-refractivity contribution in [2.24, 2.45) is 0 Å². The number of halogens is 2. The van der Waals surface area contributed by atoms with E-state index < -0.39 is 23.2 Å². The van der Waals surface area contributed by atoms with Crippen molar-refractivity contribution < 1.29 is 14.3 Å². The molecule has 2 heterocycles. The lowest BCUT2D eigenvalue weighted by Gasteiger charge is -2.43. The fourth-order valence-electron chi connectivity index (χ4n) is 2.25. The normalized spacial score (nSPS) is 19.6. The number of β-lactam (4-membered cyclic amide) rings is 1. The van der Waals surface area contributed by atoms with Crippen LogP contribution >= 0.6 is 23.2 Å². The van der Waals surface area contributed by atoms with Gasteiger partial charge in [0.15, 0.2) is 6.61 Å². The minimum Gasteiger partial charge on any atom is -0.466 e. The molecule has 0 radical (unpaired) electrons. The summed E-state index contributed by atoms with van der Waals surface area (Å²) < 4.78 is 5.18. The molecule has 2 atom stereocenters. The third kappa shape index (κ3) is 3.42. The number of aromatic nitrogens is 2. The van der Waals surface area contributed by atoms with E-state index in [9.17, 15) is 9.59 Å². The second-order valence-electron chi connectivity index (χ2n) is 4.98. The number of hydrogen-bond acceptors (Lipinski definition) is 5. The number of alkyl halides is 1. The second kappa shape index (κ2) is 7.02. The second-order valence-corrected chi connectivity index (χ2v) is 5.88. The van der Waals surface area contributed by atoms with Crippen LogP contribution in [0.25, 0.3) is 0 Å². The first kappa shape index (κ1) is 16.5. The maximum atomic E-state index is 12.0. The molecule has 0 saturated carbocycles. The zero-order chi connectivity index (χ0) is 17.1. The molecule has 3 rings (SSSR count). The molecule has 2 unspecified atom stereocenters. The maximum Gasteiger partial charge on any atom is 0.276 e. The molecule has 1 fully saturated rings. The molecule has 7 nitrogen and oxygen atoms in total. The summed E-state index contributed by atoms with van der Waals surface area (Å²) in [5, 5.41) is 0.934. The largest absolute Gasteiger partial charge is 0.466 e. The summed E-state index contributed by atoms with van der Waals surface area (Å²) in [5.41, 5.74) is 3.21. The van der Waals surface area contributed by atoms with Gasteiger partial charge in [-0.3, -0.25) is 20.0 Å². The van der Waals surface area contributed by atoms with Crippen molar-refractivity contribution in [1.29, 1.82) is 0 Å². The van der Waals surface area contributed by atoms with Gasteiger partial charge in [0.25, 0.3) is 11.8 Å². The molecule has 1 aromatic carbocycles. The van der Waals surface area contributed by atoms with E-state index in [1.807, 2.05) is 0 Å². The van der Waals surface area contributed by atoms with Crippen LogP contribution in [0.3, 0.4) is 0 Å². The van der Waals surface area contributed by atoms with Crippen LogP contribution in [0.2, 0.25) is 5.02 Å². The molecule has 2 aromatic rings. The van der Waals surface area contributed by atoms with Gasteiger partial charge >= 0.3 is 0 Å². The quantitative estimate of drug-likeness (QED) is 0.643. The molecule has 1 aliphatic rings. The number of ether oxygens (including phenoxy) is 1. The van der Waals surface area contributed by atoms with E-state index in [1.54, 1.807) is 24.3 Å². The number of nitrogens with one attached hydrogen (secondary N) is 1. The van der Waals surface area contributed by atoms with Crippen LogP contribution < -0.4 is 10.2 Å². The SMILES string of the molecule is O=C(COc1cnccn1)NN1C(=O)C(Cl)C1c1cccc(Cl)c1. The zero-order valence-electron chi connectivity index (χ0n) is 12.2. The van der Waals surface area contributed by atoms with Crippen LogP contribution in [0.1, 0.15) is 11.6 Å². The Morgan fingerprint density at radius 3 is 2.92 bits per heavy atom. The van der Waals surface area contributed by atoms with Gasteiger partial charge in [0, 0.05) is 17.4 Å². The highest BCUT2D eigenvalue weighted by molar-refractivity contribution is 6.34. The molecule has 1 aromatic heterocycles. The van der Waals surface area contributed by atoms with Crippen LogP contribution in [-0.4, -0.2) is 38.8 Å². The van der Waals surface area contributed by atoms with Gasteiger partial charge in [-0.05, 0) is 17.7 Å². The molecule has 0 bridgehead atoms. The molecule has 2 amide bonds. The fraction of sp³-hybridized carbons (Fsp3) is 0.200. The minimum atomic E-state index is -0.760. The molecule has 0 aliphatic carbocycles. The Hall–Kier alpha value is -2.38. The number of rotatable bonds is 5. The number of nitrogens with zero attached hydrogens (tertiary/aromatic N) is 3. The maximum absolute atomic E-state index is 12.0. The molecule has 24 heavy (non-hydrogen) atoms. The minimum absolute atomic E-state index is 0.212. The van der Waals surface area contributed by atoms with Gasteiger partial charge in [-0.25, -0.2) is 9.99 Å². The Labute approximate surface area is 147 Å². The number of hydrazine groups is 1. The third-order valence-corrected chi connectivity index (χ3v) is 4.02. The number of hydrogen-bond donors (Lipinski definition) is 1. The summed E-state index contributed by atoms with van der Waals surface area (Å²) in [6.07, 6.45) is 4.31. The summed E-state index contributed by atoms with van der Waals surface area (Å²) in [7, 11) is 0. The molecule has 1 N–H and O–H groups in total. The van der Waals surface area contributed by atoms with Crippen molar-refractivity contribution in [2.45, 2.75) is 11.4 Å². The molecule has 124 valence electrons. The summed E-state index contributed by atoms with van der Waals surface area (Å²) in [4.78, 5) is 31.6. The first-order valence-corrected chi connectivity index (χ1v) is 7.78. The molecule has 0 spiro atoms. The Kier molecular flexibility index (Phi) is 4.82. The van der Waals surface area contributed by atoms with Crippen LogP contribution in [-0.2, 0) is 9.59 Å². The van der Waals surface area contributed by atoms with E-state index >= 15 is 0 Å². The highest BCUT2D eigenvalue weighted by atomic mass is 35.5. The van der Waals surface area contributed by atoms with Crippen molar-refractivity contribution in [3.05, 3.63) is 53.4 Å². The monoisotopic (exact) mass is 366 g/mol. The third-order valence-electron chi connectivity index (χ3n) is 3.35. The van der Waals surface area contributed by atoms with Gasteiger partial charge < -0.3 is 4.74 Å². The topological polar surface area (TPSA) is 84.4 Å². The Balaban J connectivity index is 1.62. The van der Waals surface area contributed by atoms with E-state index in [2.05, 4.69) is 15.4 Å². The molecular formula is C15H12Cl2N4O3. The van der Waals surface area contributed by atoms with E-state index in [0.29, 0.717) is 5.02 Å². The van der Waals surface area contributed by atoms with Gasteiger partial charge in [0.05, 0.1) is 6.20 Å². The van der Waals surface area contributed by atoms with E-state index in [-0.39, 0.29) is 12.5 Å². The standard InChI is InChI=1S/C15H12Cl2N4O3/c16-10-3-1-2-9(6-10)14-13(17)15(23)21(14)20-11(22)8-24-12-7-18-4-5-19-12/h1-7,13-14H,8H2,(H,20,22). The van der Waals surface area contributed by atoms with Gasteiger partial charge in [-0.1, -0.05) is 23.7 Å². The van der Waals surface area contributed by atoms with Crippen molar-refractivity contribution >= 4 is 35.0 Å². The number of carbonyl (C=O) groups is 2. The van der Waals surface area contributed by atoms with Crippen molar-refractivity contribution in [1.82, 2.24) is 20.4 Å². The van der Waals surface area contributed by atoms with Gasteiger partial charge in [-0.15, -0.1) is 11.6 Å². The highest BCUT2D eigenvalue weighted by Gasteiger charge is 2.48. The molecule has 1 aliphatic heterocycles. The van der Waals surface area contributed by atoms with E-state index in [0.717, 1.165) is 5.56 Å². The summed E-state index contributed by atoms with van der Waals surface area (Å²) >= 11 is 12.0. The number of carbonyl (C=O) groups excluding carboxylic acids is 2.